The van der Waals surface area contributed by atoms with Gasteiger partial charge in [-0.1, -0.05) is 24.3 Å². The van der Waals surface area contributed by atoms with Gasteiger partial charge in [0.25, 0.3) is 0 Å². The summed E-state index contributed by atoms with van der Waals surface area (Å²) in [5.74, 6) is 1.10. The number of urea groups is 1. The number of aryl methyl sites for hydroxylation is 3. The second kappa shape index (κ2) is 5.55. The molecule has 0 radical (unpaired) electrons. The number of aromatic nitrogens is 3. The fraction of sp³-hybridized carbons (Fsp3) is 0.400. The van der Waals surface area contributed by atoms with E-state index in [1.165, 1.54) is 11.1 Å². The summed E-state index contributed by atoms with van der Waals surface area (Å²) in [6, 6.07) is 8.31. The lowest BCUT2D eigenvalue weighted by Crippen LogP contribution is -2.41. The highest BCUT2D eigenvalue weighted by Gasteiger charge is 2.20. The van der Waals surface area contributed by atoms with Crippen molar-refractivity contribution >= 4 is 12.0 Å². The van der Waals surface area contributed by atoms with Crippen molar-refractivity contribution in [1.82, 2.24) is 20.1 Å². The molecule has 2 aromatic rings. The van der Waals surface area contributed by atoms with E-state index in [1.54, 1.807) is 11.7 Å². The summed E-state index contributed by atoms with van der Waals surface area (Å²) >= 11 is 0. The van der Waals surface area contributed by atoms with Crippen LogP contribution < -0.4 is 10.6 Å². The van der Waals surface area contributed by atoms with Crippen LogP contribution in [-0.4, -0.2) is 26.8 Å². The minimum absolute atomic E-state index is 0.157. The van der Waals surface area contributed by atoms with Crippen molar-refractivity contribution in [2.75, 3.05) is 5.32 Å². The van der Waals surface area contributed by atoms with Gasteiger partial charge in [-0.3, -0.25) is 10.00 Å². The molecule has 1 aromatic carbocycles. The molecule has 2 amide bonds. The van der Waals surface area contributed by atoms with Crippen LogP contribution in [0.3, 0.4) is 0 Å². The van der Waals surface area contributed by atoms with E-state index in [0.29, 0.717) is 5.95 Å². The molecule has 1 unspecified atom stereocenters. The van der Waals surface area contributed by atoms with Crippen molar-refractivity contribution in [2.45, 2.75) is 32.2 Å². The lowest BCUT2D eigenvalue weighted by atomic mass is 9.88. The summed E-state index contributed by atoms with van der Waals surface area (Å²) in [7, 11) is 1.80. The summed E-state index contributed by atoms with van der Waals surface area (Å²) in [6.45, 7) is 1.84. The molecule has 0 saturated heterocycles. The Labute approximate surface area is 123 Å². The molecule has 6 heteroatoms. The highest BCUT2D eigenvalue weighted by molar-refractivity contribution is 5.87. The van der Waals surface area contributed by atoms with Gasteiger partial charge in [0.2, 0.25) is 5.95 Å². The first-order valence-corrected chi connectivity index (χ1v) is 7.14. The van der Waals surface area contributed by atoms with E-state index in [0.717, 1.165) is 25.1 Å². The Morgan fingerprint density at radius 1 is 1.33 bits per heavy atom. The highest BCUT2D eigenvalue weighted by atomic mass is 16.2. The highest BCUT2D eigenvalue weighted by Crippen LogP contribution is 2.21. The first kappa shape index (κ1) is 13.6. The van der Waals surface area contributed by atoms with Crippen LogP contribution in [0.5, 0.6) is 0 Å². The van der Waals surface area contributed by atoms with Crippen LogP contribution in [-0.2, 0) is 19.9 Å². The molecule has 1 atom stereocenters. The van der Waals surface area contributed by atoms with Gasteiger partial charge < -0.3 is 5.32 Å². The number of nitrogens with one attached hydrogen (secondary N) is 2. The molecule has 0 fully saturated rings. The monoisotopic (exact) mass is 285 g/mol. The van der Waals surface area contributed by atoms with E-state index in [9.17, 15) is 4.79 Å². The third-order valence-corrected chi connectivity index (χ3v) is 3.89. The van der Waals surface area contributed by atoms with Gasteiger partial charge in [-0.05, 0) is 37.3 Å². The number of hydrogen-bond acceptors (Lipinski definition) is 3. The molecule has 0 bridgehead atoms. The van der Waals surface area contributed by atoms with Gasteiger partial charge in [0.1, 0.15) is 5.82 Å². The van der Waals surface area contributed by atoms with Gasteiger partial charge in [-0.15, -0.1) is 5.10 Å². The first-order chi connectivity index (χ1) is 10.1. The largest absolute Gasteiger partial charge is 0.335 e. The summed E-state index contributed by atoms with van der Waals surface area (Å²) in [4.78, 5) is 16.2. The number of anilines is 1. The number of fused-ring (bicyclic) bond motifs is 1. The molecule has 0 saturated carbocycles. The quantitative estimate of drug-likeness (QED) is 0.884. The van der Waals surface area contributed by atoms with Crippen molar-refractivity contribution in [2.24, 2.45) is 7.05 Å². The summed E-state index contributed by atoms with van der Waals surface area (Å²) in [5.41, 5.74) is 2.71. The Balaban J connectivity index is 1.59. The summed E-state index contributed by atoms with van der Waals surface area (Å²) in [6.07, 6.45) is 2.83. The maximum Gasteiger partial charge on any atom is 0.321 e. The van der Waals surface area contributed by atoms with E-state index in [-0.39, 0.29) is 12.1 Å². The number of hydrogen-bond donors (Lipinski definition) is 2. The van der Waals surface area contributed by atoms with E-state index < -0.39 is 0 Å². The number of carbonyl (C=O) groups excluding carboxylic acids is 1. The molecule has 1 heterocycles. The molecule has 1 aliphatic rings. The number of benzene rings is 1. The number of amides is 2. The molecule has 0 aliphatic heterocycles. The number of nitrogens with zero attached hydrogens (tertiary/aromatic N) is 3. The maximum atomic E-state index is 12.0. The van der Waals surface area contributed by atoms with Gasteiger partial charge in [0.15, 0.2) is 0 Å². The van der Waals surface area contributed by atoms with Crippen LogP contribution in [0.1, 0.15) is 23.4 Å². The molecule has 110 valence electrons. The second-order valence-corrected chi connectivity index (χ2v) is 5.41. The van der Waals surface area contributed by atoms with Crippen molar-refractivity contribution in [3.05, 3.63) is 41.2 Å². The Kier molecular flexibility index (Phi) is 3.60. The second-order valence-electron chi connectivity index (χ2n) is 5.41. The van der Waals surface area contributed by atoms with Crippen LogP contribution in [0.25, 0.3) is 0 Å². The van der Waals surface area contributed by atoms with Gasteiger partial charge in [-0.25, -0.2) is 4.79 Å². The topological polar surface area (TPSA) is 71.8 Å². The third-order valence-electron chi connectivity index (χ3n) is 3.89. The average molecular weight is 285 g/mol. The van der Waals surface area contributed by atoms with Crippen LogP contribution in [0, 0.1) is 6.92 Å². The maximum absolute atomic E-state index is 12.0. The Hall–Kier alpha value is -2.37. The minimum Gasteiger partial charge on any atom is -0.335 e. The zero-order valence-corrected chi connectivity index (χ0v) is 12.3. The van der Waals surface area contributed by atoms with E-state index in [4.69, 9.17) is 0 Å². The van der Waals surface area contributed by atoms with Gasteiger partial charge in [-0.2, -0.15) is 4.98 Å². The van der Waals surface area contributed by atoms with E-state index in [2.05, 4.69) is 38.9 Å². The SMILES string of the molecule is Cc1nc(NC(=O)NC2CCc3ccccc3C2)nn1C. The molecule has 1 aromatic heterocycles. The lowest BCUT2D eigenvalue weighted by molar-refractivity contribution is 0.247. The minimum atomic E-state index is -0.245. The lowest BCUT2D eigenvalue weighted by Gasteiger charge is -2.25. The number of carbonyl (C=O) groups is 1. The van der Waals surface area contributed by atoms with Crippen LogP contribution in [0.4, 0.5) is 10.7 Å². The zero-order chi connectivity index (χ0) is 14.8. The van der Waals surface area contributed by atoms with E-state index in [1.807, 2.05) is 13.0 Å². The molecule has 2 N–H and O–H groups in total. The fourth-order valence-electron chi connectivity index (χ4n) is 2.66. The predicted octanol–water partition coefficient (Wildman–Crippen LogP) is 1.80. The molecule has 3 rings (SSSR count). The van der Waals surface area contributed by atoms with Gasteiger partial charge >= 0.3 is 6.03 Å². The third kappa shape index (κ3) is 3.04. The Bertz CT molecular complexity index is 644. The van der Waals surface area contributed by atoms with Crippen LogP contribution in [0.2, 0.25) is 0 Å². The Morgan fingerprint density at radius 3 is 2.81 bits per heavy atom. The molecule has 6 nitrogen and oxygen atoms in total. The summed E-state index contributed by atoms with van der Waals surface area (Å²) < 4.78 is 1.63. The Morgan fingerprint density at radius 2 is 2.10 bits per heavy atom. The average Bonchev–Trinajstić information content (AvgIpc) is 2.77. The molecular weight excluding hydrogens is 266 g/mol. The van der Waals surface area contributed by atoms with Crippen molar-refractivity contribution < 1.29 is 4.79 Å². The van der Waals surface area contributed by atoms with Crippen molar-refractivity contribution in [3.63, 3.8) is 0 Å². The van der Waals surface area contributed by atoms with Crippen molar-refractivity contribution in [3.8, 4) is 0 Å². The van der Waals surface area contributed by atoms with Crippen molar-refractivity contribution in [1.29, 1.82) is 0 Å². The van der Waals surface area contributed by atoms with Crippen LogP contribution in [0.15, 0.2) is 24.3 Å². The first-order valence-electron chi connectivity index (χ1n) is 7.14. The standard InChI is InChI=1S/C15H19N5O/c1-10-16-14(19-20(10)2)18-15(21)17-13-8-7-11-5-3-4-6-12(11)9-13/h3-6,13H,7-9H2,1-2H3,(H2,17,18,19,21). The van der Waals surface area contributed by atoms with Crippen LogP contribution >= 0.6 is 0 Å². The molecule has 21 heavy (non-hydrogen) atoms. The fourth-order valence-corrected chi connectivity index (χ4v) is 2.66. The van der Waals surface area contributed by atoms with Gasteiger partial charge in [0, 0.05) is 13.1 Å². The summed E-state index contributed by atoms with van der Waals surface area (Å²) in [5, 5.41) is 9.79. The van der Waals surface area contributed by atoms with Gasteiger partial charge in [0.05, 0.1) is 0 Å². The predicted molar refractivity (Wildman–Crippen MR) is 80.1 cm³/mol. The molecule has 0 spiro atoms. The molecular formula is C15H19N5O. The molecule has 1 aliphatic carbocycles. The normalized spacial score (nSPS) is 17.1. The smallest absolute Gasteiger partial charge is 0.321 e. The number of rotatable bonds is 2. The van der Waals surface area contributed by atoms with E-state index >= 15 is 0 Å². The zero-order valence-electron chi connectivity index (χ0n) is 12.3.